The van der Waals surface area contributed by atoms with E-state index in [2.05, 4.69) is 15.3 Å². The minimum Gasteiger partial charge on any atom is -0.353 e. The van der Waals surface area contributed by atoms with Gasteiger partial charge in [0.15, 0.2) is 0 Å². The summed E-state index contributed by atoms with van der Waals surface area (Å²) in [5.74, 6) is 1.42. The molecule has 0 bridgehead atoms. The van der Waals surface area contributed by atoms with Crippen LogP contribution in [0.5, 0.6) is 0 Å². The molecule has 134 valence electrons. The second-order valence-corrected chi connectivity index (χ2v) is 6.26. The summed E-state index contributed by atoms with van der Waals surface area (Å²) >= 11 is 0. The maximum absolute atomic E-state index is 12.1. The predicted octanol–water partition coefficient (Wildman–Crippen LogP) is 2.89. The molecule has 0 spiro atoms. The highest BCUT2D eigenvalue weighted by Crippen LogP contribution is 2.24. The number of nitrogens with zero attached hydrogens (tertiary/aromatic N) is 1. The first-order chi connectivity index (χ1) is 10.7. The number of aromatic amines is 1. The molecule has 1 amide bonds. The Morgan fingerprint density at radius 1 is 1.38 bits per heavy atom. The maximum Gasteiger partial charge on any atom is 0.220 e. The van der Waals surface area contributed by atoms with Gasteiger partial charge in [-0.15, -0.1) is 24.8 Å². The number of imidazole rings is 1. The summed E-state index contributed by atoms with van der Waals surface area (Å²) in [4.78, 5) is 20.0. The van der Waals surface area contributed by atoms with E-state index in [0.717, 1.165) is 41.7 Å². The fourth-order valence-electron chi connectivity index (χ4n) is 3.36. The van der Waals surface area contributed by atoms with Crippen LogP contribution in [0.4, 0.5) is 0 Å². The van der Waals surface area contributed by atoms with Gasteiger partial charge in [0.1, 0.15) is 5.82 Å². The summed E-state index contributed by atoms with van der Waals surface area (Å²) in [7, 11) is 0. The van der Waals surface area contributed by atoms with Crippen molar-refractivity contribution < 1.29 is 4.79 Å². The molecule has 1 aromatic heterocycles. The lowest BCUT2D eigenvalue weighted by molar-refractivity contribution is -0.122. The monoisotopic (exact) mass is 372 g/mol. The number of hydrogen-bond donors (Lipinski definition) is 3. The number of benzene rings is 1. The standard InChI is InChI=1S/C17H24N4O.2ClH/c1-11-4-2-7-14-17(11)21-15(19-14)8-9-16(22)20-13-6-3-5-12(13)10-18;;/h2,4,7,12-13H,3,5-6,8-10,18H2,1H3,(H,19,21)(H,20,22);2*1H. The molecule has 1 aromatic carbocycles. The third-order valence-electron chi connectivity index (χ3n) is 4.66. The van der Waals surface area contributed by atoms with E-state index < -0.39 is 0 Å². The number of aryl methyl sites for hydroxylation is 2. The molecule has 1 heterocycles. The molecule has 0 aliphatic heterocycles. The molecular formula is C17H26Cl2N4O. The number of fused-ring (bicyclic) bond motifs is 1. The largest absolute Gasteiger partial charge is 0.353 e. The zero-order valence-electron chi connectivity index (χ0n) is 13.9. The zero-order valence-corrected chi connectivity index (χ0v) is 15.5. The second-order valence-electron chi connectivity index (χ2n) is 6.26. The summed E-state index contributed by atoms with van der Waals surface area (Å²) in [5.41, 5.74) is 8.94. The average molecular weight is 373 g/mol. The van der Waals surface area contributed by atoms with Crippen LogP contribution in [0.25, 0.3) is 11.0 Å². The maximum atomic E-state index is 12.1. The van der Waals surface area contributed by atoms with Crippen molar-refractivity contribution in [2.45, 2.75) is 45.1 Å². The Bertz CT molecular complexity index is 674. The van der Waals surface area contributed by atoms with Crippen molar-refractivity contribution in [3.8, 4) is 0 Å². The van der Waals surface area contributed by atoms with Crippen molar-refractivity contribution >= 4 is 41.8 Å². The van der Waals surface area contributed by atoms with Crippen LogP contribution < -0.4 is 11.1 Å². The molecule has 4 N–H and O–H groups in total. The summed E-state index contributed by atoms with van der Waals surface area (Å²) in [5, 5.41) is 3.13. The SMILES string of the molecule is Cc1cccc2[nH]c(CCC(=O)NC3CCCC3CN)nc12.Cl.Cl. The minimum absolute atomic E-state index is 0. The highest BCUT2D eigenvalue weighted by molar-refractivity contribution is 5.85. The molecule has 0 saturated heterocycles. The number of aromatic nitrogens is 2. The van der Waals surface area contributed by atoms with Crippen molar-refractivity contribution in [1.29, 1.82) is 0 Å². The molecular weight excluding hydrogens is 347 g/mol. The molecule has 1 aliphatic carbocycles. The lowest BCUT2D eigenvalue weighted by atomic mass is 10.0. The summed E-state index contributed by atoms with van der Waals surface area (Å²) in [6.07, 6.45) is 4.45. The zero-order chi connectivity index (χ0) is 15.5. The van der Waals surface area contributed by atoms with Crippen molar-refractivity contribution in [3.05, 3.63) is 29.6 Å². The van der Waals surface area contributed by atoms with Gasteiger partial charge in [-0.05, 0) is 43.9 Å². The molecule has 1 saturated carbocycles. The van der Waals surface area contributed by atoms with Gasteiger partial charge in [0.25, 0.3) is 0 Å². The number of hydrogen-bond acceptors (Lipinski definition) is 3. The fraction of sp³-hybridized carbons (Fsp3) is 0.529. The predicted molar refractivity (Wildman–Crippen MR) is 102 cm³/mol. The number of amides is 1. The highest BCUT2D eigenvalue weighted by Gasteiger charge is 2.27. The second kappa shape index (κ2) is 9.25. The van der Waals surface area contributed by atoms with Crippen molar-refractivity contribution in [2.75, 3.05) is 6.54 Å². The Morgan fingerprint density at radius 2 is 2.17 bits per heavy atom. The van der Waals surface area contributed by atoms with Crippen LogP contribution in [-0.2, 0) is 11.2 Å². The van der Waals surface area contributed by atoms with Crippen LogP contribution in [0, 0.1) is 12.8 Å². The number of rotatable bonds is 5. The first-order valence-corrected chi connectivity index (χ1v) is 8.11. The Balaban J connectivity index is 0.00000144. The number of para-hydroxylation sites is 1. The molecule has 7 heteroatoms. The first kappa shape index (κ1) is 20.7. The molecule has 2 unspecified atom stereocenters. The molecule has 24 heavy (non-hydrogen) atoms. The van der Waals surface area contributed by atoms with E-state index in [1.807, 2.05) is 25.1 Å². The van der Waals surface area contributed by atoms with Crippen LogP contribution in [0.3, 0.4) is 0 Å². The van der Waals surface area contributed by atoms with Crippen LogP contribution >= 0.6 is 24.8 Å². The van der Waals surface area contributed by atoms with E-state index in [1.165, 1.54) is 0 Å². The molecule has 2 atom stereocenters. The third-order valence-corrected chi connectivity index (χ3v) is 4.66. The van der Waals surface area contributed by atoms with E-state index in [-0.39, 0.29) is 36.8 Å². The lowest BCUT2D eigenvalue weighted by Crippen LogP contribution is -2.39. The topological polar surface area (TPSA) is 83.8 Å². The number of halogens is 2. The van der Waals surface area contributed by atoms with Gasteiger partial charge in [0, 0.05) is 18.9 Å². The molecule has 5 nitrogen and oxygen atoms in total. The fourth-order valence-corrected chi connectivity index (χ4v) is 3.36. The lowest BCUT2D eigenvalue weighted by Gasteiger charge is -2.19. The van der Waals surface area contributed by atoms with Gasteiger partial charge < -0.3 is 16.0 Å². The van der Waals surface area contributed by atoms with Gasteiger partial charge in [-0.3, -0.25) is 4.79 Å². The van der Waals surface area contributed by atoms with Gasteiger partial charge >= 0.3 is 0 Å². The molecule has 1 aliphatic rings. The van der Waals surface area contributed by atoms with E-state index >= 15 is 0 Å². The third kappa shape index (κ3) is 4.62. The normalized spacial score (nSPS) is 19.6. The molecule has 1 fully saturated rings. The average Bonchev–Trinajstić information content (AvgIpc) is 3.12. The number of nitrogens with one attached hydrogen (secondary N) is 2. The number of carbonyl (C=O) groups excluding carboxylic acids is 1. The van der Waals surface area contributed by atoms with Crippen molar-refractivity contribution in [3.63, 3.8) is 0 Å². The van der Waals surface area contributed by atoms with Gasteiger partial charge in [0.05, 0.1) is 11.0 Å². The molecule has 2 aromatic rings. The van der Waals surface area contributed by atoms with E-state index in [1.54, 1.807) is 0 Å². The molecule has 3 rings (SSSR count). The minimum atomic E-state index is 0. The van der Waals surface area contributed by atoms with E-state index in [0.29, 0.717) is 25.3 Å². The molecule has 0 radical (unpaired) electrons. The van der Waals surface area contributed by atoms with Gasteiger partial charge in [-0.25, -0.2) is 4.98 Å². The van der Waals surface area contributed by atoms with E-state index in [4.69, 9.17) is 5.73 Å². The summed E-state index contributed by atoms with van der Waals surface area (Å²) in [6.45, 7) is 2.71. The Morgan fingerprint density at radius 3 is 2.88 bits per heavy atom. The number of H-pyrrole nitrogens is 1. The van der Waals surface area contributed by atoms with Crippen LogP contribution in [0.2, 0.25) is 0 Å². The Hall–Kier alpha value is -1.30. The van der Waals surface area contributed by atoms with Gasteiger partial charge in [0.2, 0.25) is 5.91 Å². The quantitative estimate of drug-likeness (QED) is 0.754. The summed E-state index contributed by atoms with van der Waals surface area (Å²) < 4.78 is 0. The Labute approximate surface area is 155 Å². The van der Waals surface area contributed by atoms with E-state index in [9.17, 15) is 4.79 Å². The smallest absolute Gasteiger partial charge is 0.220 e. The van der Waals surface area contributed by atoms with Gasteiger partial charge in [-0.2, -0.15) is 0 Å². The number of carbonyl (C=O) groups is 1. The Kier molecular flexibility index (Phi) is 8.00. The van der Waals surface area contributed by atoms with Crippen LogP contribution in [-0.4, -0.2) is 28.5 Å². The van der Waals surface area contributed by atoms with Crippen LogP contribution in [0.15, 0.2) is 18.2 Å². The van der Waals surface area contributed by atoms with Crippen molar-refractivity contribution in [1.82, 2.24) is 15.3 Å². The summed E-state index contributed by atoms with van der Waals surface area (Å²) in [6, 6.07) is 6.34. The number of nitrogens with two attached hydrogens (primary N) is 1. The van der Waals surface area contributed by atoms with Crippen LogP contribution in [0.1, 0.15) is 37.1 Å². The van der Waals surface area contributed by atoms with Crippen molar-refractivity contribution in [2.24, 2.45) is 11.7 Å². The van der Waals surface area contributed by atoms with Gasteiger partial charge in [-0.1, -0.05) is 18.6 Å². The highest BCUT2D eigenvalue weighted by atomic mass is 35.5. The first-order valence-electron chi connectivity index (χ1n) is 8.11.